The summed E-state index contributed by atoms with van der Waals surface area (Å²) in [5.41, 5.74) is 3.04. The molecule has 59 heavy (non-hydrogen) atoms. The summed E-state index contributed by atoms with van der Waals surface area (Å²) in [6.45, 7) is 0.501. The zero-order valence-electron chi connectivity index (χ0n) is 32.7. The maximum Gasteiger partial charge on any atom is 0.269 e. The molecule has 4 aromatic rings. The Labute approximate surface area is 383 Å². The molecule has 2 aliphatic rings. The van der Waals surface area contributed by atoms with Crippen molar-refractivity contribution in [1.29, 1.82) is 0 Å². The lowest BCUT2D eigenvalue weighted by atomic mass is 10.1. The predicted octanol–water partition coefficient (Wildman–Crippen LogP) is 9.24. The Morgan fingerprint density at radius 2 is 1.12 bits per heavy atom. The molecule has 0 aromatic heterocycles. The SMILES string of the molecule is CO/N=C1\Cc2cc(Br)c(OC)c(c2)Oc2c(Br)cc(OC)c(c2Br)C/C(=N\OC)C(=O)NCCc2cc(Br)c(cc2OC)Oc2cc(cc(Br)c2OC)CCNC1=O. The molecule has 19 heteroatoms. The molecule has 2 aliphatic heterocycles. The lowest BCUT2D eigenvalue weighted by Crippen LogP contribution is -2.34. The number of benzene rings is 4. The number of oxime groups is 2. The Kier molecular flexibility index (Phi) is 16.8. The second-order valence-corrected chi connectivity index (χ2v) is 16.7. The van der Waals surface area contributed by atoms with Gasteiger partial charge in [0.25, 0.3) is 11.8 Å². The molecule has 0 aliphatic carbocycles. The number of nitrogens with zero attached hydrogens (tertiary/aromatic N) is 2. The van der Waals surface area contributed by atoms with Crippen LogP contribution in [0, 0.1) is 0 Å². The fourth-order valence-corrected chi connectivity index (χ4v) is 9.25. The Balaban J connectivity index is 1.60. The van der Waals surface area contributed by atoms with Crippen molar-refractivity contribution in [3.63, 3.8) is 0 Å². The molecular formula is C40H39Br5N4O10. The fraction of sp³-hybridized carbons (Fsp3) is 0.300. The van der Waals surface area contributed by atoms with Crippen molar-refractivity contribution in [2.45, 2.75) is 25.7 Å². The molecule has 6 rings (SSSR count). The molecule has 0 spiro atoms. The standard InChI is InChI=1S/C40H39Br5N4O10/c1-52-30-19-32-24(41)16-22(30)8-10-47-40(51)29(49-57-6)17-23-31(53-2)18-27(44)38(35(23)45)59-34-15-21(12-26(43)37(34)55-4)13-28(48-56-5)39(50)46-9-7-20-11-25(42)36(54-3)33(14-20)58-32/h11-12,14-16,18-19H,7-10,13,17H2,1-6H3,(H,46,50)(H,47,51)/b48-28+,49-29+. The summed E-state index contributed by atoms with van der Waals surface area (Å²) in [4.78, 5) is 37.5. The summed E-state index contributed by atoms with van der Waals surface area (Å²) < 4.78 is 38.7. The van der Waals surface area contributed by atoms with Crippen LogP contribution in [0.3, 0.4) is 0 Å². The van der Waals surface area contributed by atoms with Gasteiger partial charge in [0.05, 0.1) is 50.8 Å². The number of methoxy groups -OCH3 is 4. The quantitative estimate of drug-likeness (QED) is 0.179. The Bertz CT molecular complexity index is 2290. The summed E-state index contributed by atoms with van der Waals surface area (Å²) >= 11 is 18.2. The highest BCUT2D eigenvalue weighted by molar-refractivity contribution is 9.11. The maximum absolute atomic E-state index is 13.7. The van der Waals surface area contributed by atoms with Crippen molar-refractivity contribution in [2.24, 2.45) is 10.3 Å². The zero-order valence-corrected chi connectivity index (χ0v) is 40.6. The van der Waals surface area contributed by atoms with Crippen molar-refractivity contribution in [3.05, 3.63) is 87.1 Å². The van der Waals surface area contributed by atoms with E-state index in [2.05, 4.69) is 101 Å². The van der Waals surface area contributed by atoms with E-state index < -0.39 is 11.8 Å². The summed E-state index contributed by atoms with van der Waals surface area (Å²) in [6.07, 6.45) is 0.906. The van der Waals surface area contributed by atoms with E-state index in [0.717, 1.165) is 11.1 Å². The van der Waals surface area contributed by atoms with Crippen LogP contribution in [0.2, 0.25) is 0 Å². The van der Waals surface area contributed by atoms with Gasteiger partial charge in [-0.1, -0.05) is 10.3 Å². The molecule has 14 nitrogen and oxygen atoms in total. The molecule has 8 bridgehead atoms. The first-order valence-electron chi connectivity index (χ1n) is 17.6. The number of hydrogen-bond donors (Lipinski definition) is 2. The number of carbonyl (C=O) groups is 2. The van der Waals surface area contributed by atoms with E-state index in [1.807, 2.05) is 18.2 Å². The first kappa shape index (κ1) is 46.0. The molecule has 0 unspecified atom stereocenters. The molecule has 0 saturated carbocycles. The van der Waals surface area contributed by atoms with Gasteiger partial charge in [0.2, 0.25) is 0 Å². The van der Waals surface area contributed by atoms with Crippen molar-refractivity contribution >= 4 is 103 Å². The van der Waals surface area contributed by atoms with Crippen LogP contribution < -0.4 is 39.1 Å². The van der Waals surface area contributed by atoms with Crippen LogP contribution in [0.15, 0.2) is 75.1 Å². The number of nitrogens with one attached hydrogen (secondary N) is 2. The number of fused-ring (bicyclic) bond motifs is 12. The van der Waals surface area contributed by atoms with Gasteiger partial charge in [-0.15, -0.1) is 0 Å². The van der Waals surface area contributed by atoms with Gasteiger partial charge in [-0.3, -0.25) is 9.59 Å². The lowest BCUT2D eigenvalue weighted by molar-refractivity contribution is -0.115. The number of halogens is 5. The predicted molar refractivity (Wildman–Crippen MR) is 240 cm³/mol. The van der Waals surface area contributed by atoms with Crippen LogP contribution in [-0.4, -0.2) is 79.0 Å². The number of hydrogen-bond acceptors (Lipinski definition) is 12. The number of rotatable bonds is 6. The molecule has 4 aromatic carbocycles. The Morgan fingerprint density at radius 1 is 0.559 bits per heavy atom. The minimum absolute atomic E-state index is 0.0123. The first-order chi connectivity index (χ1) is 28.3. The van der Waals surface area contributed by atoms with Crippen molar-refractivity contribution in [2.75, 3.05) is 55.7 Å². The lowest BCUT2D eigenvalue weighted by Gasteiger charge is -2.19. The maximum atomic E-state index is 13.7. The van der Waals surface area contributed by atoms with Crippen LogP contribution in [0.25, 0.3) is 0 Å². The average molecular weight is 1140 g/mol. The third-order valence-corrected chi connectivity index (χ3v) is 12.0. The van der Waals surface area contributed by atoms with Gasteiger partial charge in [0.15, 0.2) is 28.7 Å². The third kappa shape index (κ3) is 11.2. The minimum Gasteiger partial charge on any atom is -0.496 e. The van der Waals surface area contributed by atoms with E-state index >= 15 is 0 Å². The van der Waals surface area contributed by atoms with Gasteiger partial charge >= 0.3 is 0 Å². The molecule has 0 atom stereocenters. The minimum atomic E-state index is -0.463. The smallest absolute Gasteiger partial charge is 0.269 e. The van der Waals surface area contributed by atoms with Gasteiger partial charge in [-0.05, 0) is 146 Å². The average Bonchev–Trinajstić information content (AvgIpc) is 3.20. The number of carbonyl (C=O) groups excluding carboxylic acids is 2. The largest absolute Gasteiger partial charge is 0.496 e. The molecule has 2 amide bonds. The Hall–Kier alpha value is -4.04. The van der Waals surface area contributed by atoms with Crippen LogP contribution in [0.4, 0.5) is 0 Å². The highest BCUT2D eigenvalue weighted by Crippen LogP contribution is 2.47. The first-order valence-corrected chi connectivity index (χ1v) is 21.6. The molecule has 314 valence electrons. The third-order valence-electron chi connectivity index (χ3n) is 8.79. The summed E-state index contributed by atoms with van der Waals surface area (Å²) in [6, 6.07) is 12.6. The Morgan fingerprint density at radius 3 is 1.71 bits per heavy atom. The van der Waals surface area contributed by atoms with E-state index in [4.69, 9.17) is 38.1 Å². The van der Waals surface area contributed by atoms with E-state index in [9.17, 15) is 9.59 Å². The monoisotopic (exact) mass is 1130 g/mol. The van der Waals surface area contributed by atoms with Gasteiger partial charge < -0.3 is 48.7 Å². The molecule has 0 saturated heterocycles. The van der Waals surface area contributed by atoms with Crippen molar-refractivity contribution in [3.8, 4) is 46.0 Å². The van der Waals surface area contributed by atoms with Crippen molar-refractivity contribution in [1.82, 2.24) is 10.6 Å². The van der Waals surface area contributed by atoms with E-state index in [1.165, 1.54) is 28.4 Å². The molecule has 0 fully saturated rings. The van der Waals surface area contributed by atoms with E-state index in [-0.39, 0.29) is 37.4 Å². The second-order valence-electron chi connectivity index (χ2n) is 12.5. The number of ether oxygens (including phenoxy) is 6. The zero-order chi connectivity index (χ0) is 42.8. The molecule has 2 heterocycles. The van der Waals surface area contributed by atoms with Crippen LogP contribution in [0.1, 0.15) is 22.3 Å². The second kappa shape index (κ2) is 21.5. The normalized spacial score (nSPS) is 15.3. The molecular weight excluding hydrogens is 1100 g/mol. The van der Waals surface area contributed by atoms with E-state index in [1.54, 1.807) is 38.5 Å². The van der Waals surface area contributed by atoms with Gasteiger partial charge in [0, 0.05) is 37.6 Å². The topological polar surface area (TPSA) is 157 Å². The highest BCUT2D eigenvalue weighted by atomic mass is 79.9. The number of amides is 2. The summed E-state index contributed by atoms with van der Waals surface area (Å²) in [5.74, 6) is 2.49. The van der Waals surface area contributed by atoms with Gasteiger partial charge in [-0.2, -0.15) is 0 Å². The molecule has 0 radical (unpaired) electrons. The van der Waals surface area contributed by atoms with Crippen LogP contribution in [-0.2, 0) is 44.9 Å². The van der Waals surface area contributed by atoms with E-state index in [0.29, 0.717) is 92.3 Å². The summed E-state index contributed by atoms with van der Waals surface area (Å²) in [7, 11) is 8.87. The molecule has 2 N–H and O–H groups in total. The highest BCUT2D eigenvalue weighted by Gasteiger charge is 2.26. The summed E-state index contributed by atoms with van der Waals surface area (Å²) in [5, 5.41) is 14.0. The fourth-order valence-electron chi connectivity index (χ4n) is 6.09. The van der Waals surface area contributed by atoms with Crippen LogP contribution in [0.5, 0.6) is 46.0 Å². The van der Waals surface area contributed by atoms with Crippen molar-refractivity contribution < 1.29 is 47.7 Å². The van der Waals surface area contributed by atoms with Crippen LogP contribution >= 0.6 is 79.6 Å². The van der Waals surface area contributed by atoms with Gasteiger partial charge in [-0.25, -0.2) is 0 Å². The van der Waals surface area contributed by atoms with Gasteiger partial charge in [0.1, 0.15) is 42.9 Å².